The van der Waals surface area contributed by atoms with Crippen molar-refractivity contribution in [2.24, 2.45) is 0 Å². The molecule has 2 atom stereocenters. The largest absolute Gasteiger partial charge is 0.432 e. The number of aromatic nitrogens is 1. The van der Waals surface area contributed by atoms with Crippen molar-refractivity contribution < 1.29 is 30.8 Å². The first-order valence-corrected chi connectivity index (χ1v) is 10.4. The Morgan fingerprint density at radius 3 is 2.82 bits per heavy atom. The van der Waals surface area contributed by atoms with E-state index < -0.39 is 27.5 Å². The second-order valence-electron chi connectivity index (χ2n) is 6.71. The topological polar surface area (TPSA) is 101 Å². The van der Waals surface area contributed by atoms with Crippen molar-refractivity contribution in [1.82, 2.24) is 15.6 Å². The Balaban J connectivity index is 1.65. The van der Waals surface area contributed by atoms with Gasteiger partial charge < -0.3 is 15.1 Å². The molecule has 28 heavy (non-hydrogen) atoms. The van der Waals surface area contributed by atoms with Crippen molar-refractivity contribution in [3.63, 3.8) is 0 Å². The van der Waals surface area contributed by atoms with Crippen LogP contribution in [0.1, 0.15) is 22.7 Å². The zero-order chi connectivity index (χ0) is 20.5. The van der Waals surface area contributed by atoms with Gasteiger partial charge in [-0.25, -0.2) is 13.4 Å². The van der Waals surface area contributed by atoms with E-state index in [4.69, 9.17) is 4.42 Å². The zero-order valence-electron chi connectivity index (χ0n) is 14.8. The molecule has 1 fully saturated rings. The summed E-state index contributed by atoms with van der Waals surface area (Å²) in [6, 6.07) is 3.96. The Morgan fingerprint density at radius 2 is 2.14 bits per heavy atom. The molecule has 1 aromatic carbocycles. The lowest BCUT2D eigenvalue weighted by Crippen LogP contribution is -2.36. The fourth-order valence-corrected chi connectivity index (χ4v) is 4.01. The highest BCUT2D eigenvalue weighted by Crippen LogP contribution is 2.32. The number of carbonyl (C=O) groups excluding carboxylic acids is 1. The first kappa shape index (κ1) is 20.3. The minimum absolute atomic E-state index is 0.0297. The van der Waals surface area contributed by atoms with Crippen molar-refractivity contribution in [2.45, 2.75) is 24.7 Å². The van der Waals surface area contributed by atoms with Crippen molar-refractivity contribution in [2.75, 3.05) is 18.6 Å². The predicted molar refractivity (Wildman–Crippen MR) is 94.3 cm³/mol. The van der Waals surface area contributed by atoms with Gasteiger partial charge in [-0.2, -0.15) is 13.2 Å². The highest BCUT2D eigenvalue weighted by molar-refractivity contribution is 7.90. The fraction of sp³-hybridized carbons (Fsp3) is 0.412. The van der Waals surface area contributed by atoms with Crippen LogP contribution in [0.2, 0.25) is 0 Å². The second kappa shape index (κ2) is 7.55. The van der Waals surface area contributed by atoms with Gasteiger partial charge >= 0.3 is 12.1 Å². The van der Waals surface area contributed by atoms with Crippen LogP contribution in [0.15, 0.2) is 34.9 Å². The number of hydrogen-bond acceptors (Lipinski definition) is 6. The van der Waals surface area contributed by atoms with Gasteiger partial charge in [-0.05, 0) is 18.6 Å². The number of carbonyl (C=O) groups is 1. The molecule has 3 rings (SSSR count). The van der Waals surface area contributed by atoms with Gasteiger partial charge in [0.15, 0.2) is 5.76 Å². The smallest absolute Gasteiger partial charge is 0.416 e. The Labute approximate surface area is 159 Å². The lowest BCUT2D eigenvalue weighted by Gasteiger charge is -2.10. The number of rotatable bonds is 5. The van der Waals surface area contributed by atoms with E-state index in [0.717, 1.165) is 18.4 Å². The Morgan fingerprint density at radius 1 is 1.39 bits per heavy atom. The van der Waals surface area contributed by atoms with Crippen LogP contribution in [0.3, 0.4) is 0 Å². The lowest BCUT2D eigenvalue weighted by molar-refractivity contribution is -0.137. The van der Waals surface area contributed by atoms with E-state index in [1.165, 1.54) is 18.3 Å². The van der Waals surface area contributed by atoms with Crippen LogP contribution in [0.4, 0.5) is 13.2 Å². The van der Waals surface area contributed by atoms with Gasteiger partial charge in [0.05, 0.1) is 17.5 Å². The number of nitrogens with one attached hydrogen (secondary N) is 2. The minimum Gasteiger partial charge on any atom is -0.432 e. The summed E-state index contributed by atoms with van der Waals surface area (Å²) in [6.45, 7) is 0.396. The number of amides is 1. The molecule has 0 saturated carbocycles. The maximum absolute atomic E-state index is 12.8. The number of sulfone groups is 1. The molecule has 0 spiro atoms. The molecule has 1 aromatic heterocycles. The van der Waals surface area contributed by atoms with Crippen LogP contribution in [0, 0.1) is 0 Å². The molecule has 1 saturated heterocycles. The molecule has 0 radical (unpaired) electrons. The third kappa shape index (κ3) is 5.10. The van der Waals surface area contributed by atoms with E-state index in [0.29, 0.717) is 13.0 Å². The summed E-state index contributed by atoms with van der Waals surface area (Å²) in [6.07, 6.45) is -1.74. The predicted octanol–water partition coefficient (Wildman–Crippen LogP) is 1.87. The van der Waals surface area contributed by atoms with Crippen LogP contribution in [0.25, 0.3) is 11.3 Å². The first-order chi connectivity index (χ1) is 13.0. The summed E-state index contributed by atoms with van der Waals surface area (Å²) in [5, 5.41) is 5.70. The normalized spacial score (nSPS) is 20.3. The standard InChI is InChI=1S/C17H18F3N3O4S/c1-28(25,26)9-13-6-12(7-21-13)23-15(24)16-22-8-14(27-16)10-3-2-4-11(5-10)17(18,19)20/h2-5,8,12-13,21H,6-7,9H2,1H3,(H,23,24)/t12-,13?/m1/s1. The number of hydrogen-bond donors (Lipinski definition) is 2. The molecule has 1 unspecified atom stereocenters. The second-order valence-corrected chi connectivity index (χ2v) is 8.90. The minimum atomic E-state index is -4.49. The van der Waals surface area contributed by atoms with Crippen LogP contribution >= 0.6 is 0 Å². The van der Waals surface area contributed by atoms with Gasteiger partial charge in [0, 0.05) is 30.4 Å². The quantitative estimate of drug-likeness (QED) is 0.770. The summed E-state index contributed by atoms with van der Waals surface area (Å²) in [5.41, 5.74) is -0.682. The van der Waals surface area contributed by atoms with E-state index in [1.54, 1.807) is 0 Å². The maximum atomic E-state index is 12.8. The molecule has 1 aliphatic heterocycles. The molecule has 1 aliphatic rings. The summed E-state index contributed by atoms with van der Waals surface area (Å²) in [7, 11) is -3.14. The zero-order valence-corrected chi connectivity index (χ0v) is 15.6. The van der Waals surface area contributed by atoms with Gasteiger partial charge in [-0.3, -0.25) is 4.79 Å². The molecule has 0 bridgehead atoms. The molecule has 1 amide bonds. The average Bonchev–Trinajstić information content (AvgIpc) is 3.22. The highest BCUT2D eigenvalue weighted by Gasteiger charge is 2.31. The Bertz CT molecular complexity index is 972. The van der Waals surface area contributed by atoms with Crippen LogP contribution < -0.4 is 10.6 Å². The highest BCUT2D eigenvalue weighted by atomic mass is 32.2. The summed E-state index contributed by atoms with van der Waals surface area (Å²) >= 11 is 0. The van der Waals surface area contributed by atoms with Gasteiger partial charge in [-0.15, -0.1) is 0 Å². The van der Waals surface area contributed by atoms with Crippen LogP contribution in [-0.2, 0) is 16.0 Å². The molecular weight excluding hydrogens is 399 g/mol. The van der Waals surface area contributed by atoms with E-state index >= 15 is 0 Å². The molecule has 0 aliphatic carbocycles. The molecule has 2 N–H and O–H groups in total. The monoisotopic (exact) mass is 417 g/mol. The molecule has 152 valence electrons. The lowest BCUT2D eigenvalue weighted by atomic mass is 10.1. The van der Waals surface area contributed by atoms with Crippen molar-refractivity contribution in [3.05, 3.63) is 41.9 Å². The average molecular weight is 417 g/mol. The molecular formula is C17H18F3N3O4S. The third-order valence-electron chi connectivity index (χ3n) is 4.24. The number of nitrogens with zero attached hydrogens (tertiary/aromatic N) is 1. The molecule has 11 heteroatoms. The maximum Gasteiger partial charge on any atom is 0.416 e. The van der Waals surface area contributed by atoms with Gasteiger partial charge in [0.25, 0.3) is 5.89 Å². The van der Waals surface area contributed by atoms with E-state index in [2.05, 4.69) is 15.6 Å². The van der Waals surface area contributed by atoms with Crippen molar-refractivity contribution >= 4 is 15.7 Å². The Hall–Kier alpha value is -2.40. The first-order valence-electron chi connectivity index (χ1n) is 8.37. The van der Waals surface area contributed by atoms with Gasteiger partial charge in [0.2, 0.25) is 0 Å². The van der Waals surface area contributed by atoms with Crippen LogP contribution in [-0.4, -0.2) is 49.9 Å². The molecule has 2 aromatic rings. The number of oxazole rings is 1. The van der Waals surface area contributed by atoms with Crippen LogP contribution in [0.5, 0.6) is 0 Å². The third-order valence-corrected chi connectivity index (χ3v) is 5.24. The van der Waals surface area contributed by atoms with Gasteiger partial charge in [0.1, 0.15) is 9.84 Å². The van der Waals surface area contributed by atoms with E-state index in [-0.39, 0.29) is 35.1 Å². The number of alkyl halides is 3. The summed E-state index contributed by atoms with van der Waals surface area (Å²) in [5.74, 6) is -0.891. The van der Waals surface area contributed by atoms with Crippen molar-refractivity contribution in [1.29, 1.82) is 0 Å². The van der Waals surface area contributed by atoms with Crippen molar-refractivity contribution in [3.8, 4) is 11.3 Å². The fourth-order valence-electron chi connectivity index (χ4n) is 3.03. The molecule has 2 heterocycles. The summed E-state index contributed by atoms with van der Waals surface area (Å²) in [4.78, 5) is 16.1. The van der Waals surface area contributed by atoms with E-state index in [1.807, 2.05) is 0 Å². The SMILES string of the molecule is CS(=O)(=O)CC1C[C@@H](NC(=O)c2ncc(-c3cccc(C(F)(F)F)c3)o2)CN1. The number of halogens is 3. The van der Waals surface area contributed by atoms with Gasteiger partial charge in [-0.1, -0.05) is 12.1 Å². The summed E-state index contributed by atoms with van der Waals surface area (Å²) < 4.78 is 66.5. The number of benzene rings is 1. The van der Waals surface area contributed by atoms with E-state index in [9.17, 15) is 26.4 Å². The molecule has 7 nitrogen and oxygen atoms in total. The Kier molecular flexibility index (Phi) is 5.48.